The van der Waals surface area contributed by atoms with Gasteiger partial charge in [0.25, 0.3) is 5.56 Å². The molecule has 1 N–H and O–H groups in total. The van der Waals surface area contributed by atoms with E-state index in [2.05, 4.69) is 27.4 Å². The van der Waals surface area contributed by atoms with Crippen LogP contribution in [0, 0.1) is 11.8 Å². The Balaban J connectivity index is 1.47. The Morgan fingerprint density at radius 1 is 1.26 bits per heavy atom. The van der Waals surface area contributed by atoms with Crippen LogP contribution in [0.2, 0.25) is 0 Å². The molecule has 146 valence electrons. The average molecular weight is 372 g/mol. The van der Waals surface area contributed by atoms with E-state index in [4.69, 9.17) is 0 Å². The fourth-order valence-electron chi connectivity index (χ4n) is 3.68. The number of amides is 1. The van der Waals surface area contributed by atoms with Crippen LogP contribution in [0.5, 0.6) is 0 Å². The Morgan fingerprint density at radius 3 is 2.78 bits per heavy atom. The molecule has 0 atom stereocenters. The summed E-state index contributed by atoms with van der Waals surface area (Å²) in [6.07, 6.45) is 11.0. The number of carbonyl (C=O) groups is 1. The quantitative estimate of drug-likeness (QED) is 0.764. The molecule has 0 aliphatic heterocycles. The Kier molecular flexibility index (Phi) is 6.73. The molecular formula is C19H28N6O2. The highest BCUT2D eigenvalue weighted by atomic mass is 16.2. The van der Waals surface area contributed by atoms with Crippen molar-refractivity contribution in [2.45, 2.75) is 58.4 Å². The smallest absolute Gasteiger partial charge is 0.266 e. The zero-order chi connectivity index (χ0) is 19.1. The normalized spacial score (nSPS) is 19.7. The van der Waals surface area contributed by atoms with Crippen molar-refractivity contribution in [3.8, 4) is 5.82 Å². The van der Waals surface area contributed by atoms with Gasteiger partial charge in [0.05, 0.1) is 6.54 Å². The molecule has 0 radical (unpaired) electrons. The zero-order valence-corrected chi connectivity index (χ0v) is 15.9. The number of aromatic nitrogens is 5. The highest BCUT2D eigenvalue weighted by molar-refractivity contribution is 5.78. The van der Waals surface area contributed by atoms with Crippen LogP contribution < -0.4 is 10.9 Å². The maximum absolute atomic E-state index is 12.4. The maximum Gasteiger partial charge on any atom is 0.266 e. The van der Waals surface area contributed by atoms with Crippen molar-refractivity contribution in [1.29, 1.82) is 0 Å². The summed E-state index contributed by atoms with van der Waals surface area (Å²) >= 11 is 0. The molecule has 0 bridgehead atoms. The van der Waals surface area contributed by atoms with Crippen molar-refractivity contribution in [1.82, 2.24) is 29.9 Å². The molecule has 1 saturated carbocycles. The van der Waals surface area contributed by atoms with Crippen molar-refractivity contribution < 1.29 is 4.79 Å². The highest BCUT2D eigenvalue weighted by Gasteiger charge is 2.25. The maximum atomic E-state index is 12.4. The highest BCUT2D eigenvalue weighted by Crippen LogP contribution is 2.31. The van der Waals surface area contributed by atoms with Gasteiger partial charge in [-0.1, -0.05) is 26.2 Å². The van der Waals surface area contributed by atoms with E-state index in [1.54, 1.807) is 6.07 Å². The third-order valence-corrected chi connectivity index (χ3v) is 5.31. The van der Waals surface area contributed by atoms with Crippen LogP contribution in [0.15, 0.2) is 29.6 Å². The molecule has 3 rings (SSSR count). The van der Waals surface area contributed by atoms with E-state index in [0.717, 1.165) is 31.6 Å². The second-order valence-corrected chi connectivity index (χ2v) is 7.24. The lowest BCUT2D eigenvalue weighted by Gasteiger charge is -2.27. The number of carbonyl (C=O) groups excluding carboxylic acids is 1. The van der Waals surface area contributed by atoms with Crippen molar-refractivity contribution >= 4 is 5.91 Å². The molecule has 0 saturated heterocycles. The molecule has 0 aromatic carbocycles. The standard InChI is InChI=1S/C19H28N6O2/c1-2-3-4-15-5-7-16(8-6-15)19(27)21-11-12-24-18(26)10-9-17(23-24)25-14-20-13-22-25/h9-10,13-16H,2-8,11-12H2,1H3,(H,21,27). The predicted octanol–water partition coefficient (Wildman–Crippen LogP) is 1.94. The van der Waals surface area contributed by atoms with Crippen molar-refractivity contribution in [3.63, 3.8) is 0 Å². The van der Waals surface area contributed by atoms with E-state index in [9.17, 15) is 9.59 Å². The van der Waals surface area contributed by atoms with Crippen molar-refractivity contribution in [2.75, 3.05) is 6.54 Å². The third-order valence-electron chi connectivity index (χ3n) is 5.31. The van der Waals surface area contributed by atoms with E-state index in [0.29, 0.717) is 18.9 Å². The summed E-state index contributed by atoms with van der Waals surface area (Å²) in [4.78, 5) is 28.3. The lowest BCUT2D eigenvalue weighted by atomic mass is 9.79. The molecule has 0 spiro atoms. The summed E-state index contributed by atoms with van der Waals surface area (Å²) in [5.41, 5.74) is -0.204. The van der Waals surface area contributed by atoms with Gasteiger partial charge in [0.2, 0.25) is 5.91 Å². The summed E-state index contributed by atoms with van der Waals surface area (Å²) in [5.74, 6) is 1.51. The molecule has 1 amide bonds. The molecular weight excluding hydrogens is 344 g/mol. The summed E-state index contributed by atoms with van der Waals surface area (Å²) in [6.45, 7) is 2.95. The summed E-state index contributed by atoms with van der Waals surface area (Å²) in [7, 11) is 0. The number of nitrogens with one attached hydrogen (secondary N) is 1. The van der Waals surface area contributed by atoms with Crippen LogP contribution in [0.4, 0.5) is 0 Å². The van der Waals surface area contributed by atoms with Gasteiger partial charge >= 0.3 is 0 Å². The van der Waals surface area contributed by atoms with Crippen molar-refractivity contribution in [3.05, 3.63) is 35.1 Å². The van der Waals surface area contributed by atoms with E-state index >= 15 is 0 Å². The van der Waals surface area contributed by atoms with E-state index in [-0.39, 0.29) is 17.4 Å². The second kappa shape index (κ2) is 9.43. The van der Waals surface area contributed by atoms with E-state index in [1.165, 1.54) is 47.3 Å². The molecule has 1 aliphatic carbocycles. The van der Waals surface area contributed by atoms with E-state index < -0.39 is 0 Å². The van der Waals surface area contributed by atoms with Gasteiger partial charge in [-0.15, -0.1) is 5.10 Å². The fourth-order valence-corrected chi connectivity index (χ4v) is 3.68. The number of hydrogen-bond donors (Lipinski definition) is 1. The first-order chi connectivity index (χ1) is 13.2. The summed E-state index contributed by atoms with van der Waals surface area (Å²) in [5, 5.41) is 11.3. The van der Waals surface area contributed by atoms with Gasteiger partial charge in [-0.2, -0.15) is 5.10 Å². The van der Waals surface area contributed by atoms with Crippen LogP contribution in [-0.4, -0.2) is 37.0 Å². The van der Waals surface area contributed by atoms with E-state index in [1.807, 2.05) is 0 Å². The molecule has 1 aliphatic rings. The van der Waals surface area contributed by atoms with Gasteiger partial charge in [-0.25, -0.2) is 14.3 Å². The van der Waals surface area contributed by atoms with Crippen LogP contribution >= 0.6 is 0 Å². The predicted molar refractivity (Wildman–Crippen MR) is 101 cm³/mol. The number of hydrogen-bond acceptors (Lipinski definition) is 5. The Morgan fingerprint density at radius 2 is 2.07 bits per heavy atom. The lowest BCUT2D eigenvalue weighted by Crippen LogP contribution is -2.37. The lowest BCUT2D eigenvalue weighted by molar-refractivity contribution is -0.126. The van der Waals surface area contributed by atoms with Gasteiger partial charge in [-0.05, 0) is 37.7 Å². The minimum absolute atomic E-state index is 0.101. The number of rotatable bonds is 8. The molecule has 2 aromatic rings. The number of unbranched alkanes of at least 4 members (excludes halogenated alkanes) is 1. The molecule has 0 unspecified atom stereocenters. The topological polar surface area (TPSA) is 94.7 Å². The summed E-state index contributed by atoms with van der Waals surface area (Å²) in [6, 6.07) is 3.05. The molecule has 27 heavy (non-hydrogen) atoms. The summed E-state index contributed by atoms with van der Waals surface area (Å²) < 4.78 is 2.84. The molecule has 8 heteroatoms. The Labute approximate surface area is 159 Å². The minimum atomic E-state index is -0.204. The minimum Gasteiger partial charge on any atom is -0.354 e. The second-order valence-electron chi connectivity index (χ2n) is 7.24. The SMILES string of the molecule is CCCCC1CCC(C(=O)NCCn2nc(-n3cncn3)ccc2=O)CC1. The van der Waals surface area contributed by atoms with Crippen LogP contribution in [0.3, 0.4) is 0 Å². The third kappa shape index (κ3) is 5.24. The van der Waals surface area contributed by atoms with Crippen LogP contribution in [0.25, 0.3) is 5.82 Å². The first kappa shape index (κ1) is 19.3. The van der Waals surface area contributed by atoms with Gasteiger partial charge in [-0.3, -0.25) is 9.59 Å². The largest absolute Gasteiger partial charge is 0.354 e. The molecule has 1 fully saturated rings. The first-order valence-electron chi connectivity index (χ1n) is 9.88. The molecule has 2 heterocycles. The van der Waals surface area contributed by atoms with Crippen LogP contribution in [0.1, 0.15) is 51.9 Å². The van der Waals surface area contributed by atoms with Crippen LogP contribution in [-0.2, 0) is 11.3 Å². The Bertz CT molecular complexity index is 778. The monoisotopic (exact) mass is 372 g/mol. The molecule has 8 nitrogen and oxygen atoms in total. The van der Waals surface area contributed by atoms with Crippen molar-refractivity contribution in [2.24, 2.45) is 11.8 Å². The fraction of sp³-hybridized carbons (Fsp3) is 0.632. The van der Waals surface area contributed by atoms with Gasteiger partial charge in [0.15, 0.2) is 5.82 Å². The zero-order valence-electron chi connectivity index (χ0n) is 15.9. The number of nitrogens with zero attached hydrogens (tertiary/aromatic N) is 5. The van der Waals surface area contributed by atoms with Gasteiger partial charge < -0.3 is 5.32 Å². The average Bonchev–Trinajstić information content (AvgIpc) is 3.23. The molecule has 2 aromatic heterocycles. The Hall–Kier alpha value is -2.51. The first-order valence-corrected chi connectivity index (χ1v) is 9.88. The van der Waals surface area contributed by atoms with Gasteiger partial charge in [0, 0.05) is 18.5 Å². The van der Waals surface area contributed by atoms with Gasteiger partial charge in [0.1, 0.15) is 12.7 Å².